The van der Waals surface area contributed by atoms with Gasteiger partial charge in [-0.15, -0.1) is 46.7 Å². The number of hydrogen-bond acceptors (Lipinski definition) is 5. The van der Waals surface area contributed by atoms with E-state index < -0.39 is 0 Å². The van der Waals surface area contributed by atoms with Crippen molar-refractivity contribution in [3.63, 3.8) is 0 Å². The number of carbonyl (C=O) groups excluding carboxylic acids is 1. The molecule has 0 unspecified atom stereocenters. The van der Waals surface area contributed by atoms with Gasteiger partial charge >= 0.3 is 0 Å². The Labute approximate surface area is 198 Å². The highest BCUT2D eigenvalue weighted by Gasteiger charge is 2.21. The van der Waals surface area contributed by atoms with E-state index >= 15 is 0 Å². The molecule has 0 aromatic carbocycles. The Morgan fingerprint density at radius 1 is 1.21 bits per heavy atom. The van der Waals surface area contributed by atoms with Crippen molar-refractivity contribution < 1.29 is 4.79 Å². The highest BCUT2D eigenvalue weighted by atomic mass is 127. The van der Waals surface area contributed by atoms with Gasteiger partial charge in [-0.1, -0.05) is 6.07 Å². The maximum absolute atomic E-state index is 11.9. The first-order valence-electron chi connectivity index (χ1n) is 9.67. The topological polar surface area (TPSA) is 60.0 Å². The number of thiophene rings is 2. The molecule has 2 aromatic heterocycles. The van der Waals surface area contributed by atoms with Crippen molar-refractivity contribution in [2.24, 2.45) is 4.99 Å². The summed E-state index contributed by atoms with van der Waals surface area (Å²) in [7, 11) is 3.52. The van der Waals surface area contributed by atoms with Gasteiger partial charge in [0.2, 0.25) is 5.91 Å². The van der Waals surface area contributed by atoms with E-state index in [2.05, 4.69) is 55.6 Å². The summed E-state index contributed by atoms with van der Waals surface area (Å²) in [5, 5.41) is 12.5. The molecule has 0 saturated carbocycles. The van der Waals surface area contributed by atoms with Crippen LogP contribution >= 0.6 is 46.7 Å². The number of piperidine rings is 1. The Bertz CT molecular complexity index is 741. The van der Waals surface area contributed by atoms with Crippen LogP contribution in [0, 0.1) is 0 Å². The number of rotatable bonds is 7. The van der Waals surface area contributed by atoms with Crippen LogP contribution in [0.15, 0.2) is 40.0 Å². The average molecular weight is 548 g/mol. The van der Waals surface area contributed by atoms with Gasteiger partial charge in [-0.25, -0.2) is 4.99 Å². The maximum atomic E-state index is 11.9. The quantitative estimate of drug-likeness (QED) is 0.318. The van der Waals surface area contributed by atoms with E-state index in [0.717, 1.165) is 44.9 Å². The monoisotopic (exact) mass is 547 g/mol. The smallest absolute Gasteiger partial charge is 0.243 e. The second-order valence-corrected chi connectivity index (χ2v) is 9.02. The molecule has 0 atom stereocenters. The van der Waals surface area contributed by atoms with Crippen LogP contribution in [0.3, 0.4) is 0 Å². The van der Waals surface area contributed by atoms with Crippen LogP contribution in [0.1, 0.15) is 17.7 Å². The van der Waals surface area contributed by atoms with Crippen LogP contribution in [0.5, 0.6) is 0 Å². The lowest BCUT2D eigenvalue weighted by Crippen LogP contribution is -2.49. The van der Waals surface area contributed by atoms with Crippen molar-refractivity contribution in [2.45, 2.75) is 25.3 Å². The Morgan fingerprint density at radius 3 is 2.55 bits per heavy atom. The van der Waals surface area contributed by atoms with E-state index in [1.165, 1.54) is 9.88 Å². The van der Waals surface area contributed by atoms with Gasteiger partial charge < -0.3 is 20.4 Å². The zero-order valence-corrected chi connectivity index (χ0v) is 20.9. The number of amides is 1. The molecule has 3 heterocycles. The molecule has 0 bridgehead atoms. The molecule has 1 aliphatic rings. The fraction of sp³-hybridized carbons (Fsp3) is 0.500. The van der Waals surface area contributed by atoms with Crippen LogP contribution in [0.25, 0.3) is 0 Å². The lowest BCUT2D eigenvalue weighted by Gasteiger charge is -2.33. The predicted molar refractivity (Wildman–Crippen MR) is 135 cm³/mol. The number of carbonyl (C=O) groups is 1. The first kappa shape index (κ1) is 23.9. The lowest BCUT2D eigenvalue weighted by molar-refractivity contribution is -0.127. The Hall–Kier alpha value is -1.33. The van der Waals surface area contributed by atoms with Crippen molar-refractivity contribution >= 4 is 63.5 Å². The first-order valence-corrected chi connectivity index (χ1v) is 11.4. The molecule has 2 N–H and O–H groups in total. The van der Waals surface area contributed by atoms with Crippen molar-refractivity contribution in [1.29, 1.82) is 0 Å². The molecule has 3 rings (SSSR count). The second-order valence-electron chi connectivity index (χ2n) is 7.07. The van der Waals surface area contributed by atoms with E-state index in [1.807, 2.05) is 0 Å². The average Bonchev–Trinajstić information content (AvgIpc) is 3.40. The third-order valence-electron chi connectivity index (χ3n) is 4.77. The number of aliphatic imine (C=N–C) groups is 1. The molecule has 9 heteroatoms. The summed E-state index contributed by atoms with van der Waals surface area (Å²) in [5.74, 6) is 0.744. The molecular weight excluding hydrogens is 517 g/mol. The first-order chi connectivity index (χ1) is 13.6. The molecule has 0 aliphatic carbocycles. The summed E-state index contributed by atoms with van der Waals surface area (Å²) in [6.07, 6.45) is 3.08. The molecule has 29 heavy (non-hydrogen) atoms. The molecule has 6 nitrogen and oxygen atoms in total. The van der Waals surface area contributed by atoms with Crippen LogP contribution < -0.4 is 15.5 Å². The number of hydrogen-bond donors (Lipinski definition) is 2. The molecule has 1 fully saturated rings. The minimum absolute atomic E-state index is 0. The van der Waals surface area contributed by atoms with Crippen LogP contribution in [0.2, 0.25) is 0 Å². The predicted octanol–water partition coefficient (Wildman–Crippen LogP) is 3.26. The Balaban J connectivity index is 0.00000300. The highest BCUT2D eigenvalue weighted by Crippen LogP contribution is 2.24. The minimum atomic E-state index is 0. The normalized spacial score (nSPS) is 15.0. The SMILES string of the molecule is CN(C)C(=O)CN=C(NCCc1cccs1)NC1CCN(c2cccs2)CC1.I. The van der Waals surface area contributed by atoms with E-state index in [-0.39, 0.29) is 36.4 Å². The van der Waals surface area contributed by atoms with E-state index in [4.69, 9.17) is 0 Å². The molecule has 1 saturated heterocycles. The number of guanidine groups is 1. The highest BCUT2D eigenvalue weighted by molar-refractivity contribution is 14.0. The molecule has 160 valence electrons. The molecule has 1 aliphatic heterocycles. The van der Waals surface area contributed by atoms with E-state index in [9.17, 15) is 4.79 Å². The van der Waals surface area contributed by atoms with Gasteiger partial charge in [0, 0.05) is 44.6 Å². The van der Waals surface area contributed by atoms with Crippen molar-refractivity contribution in [3.05, 3.63) is 39.9 Å². The van der Waals surface area contributed by atoms with Gasteiger partial charge in [-0.3, -0.25) is 4.79 Å². The number of nitrogens with zero attached hydrogens (tertiary/aromatic N) is 3. The zero-order valence-electron chi connectivity index (χ0n) is 17.0. The molecule has 0 spiro atoms. The molecular formula is C20H30IN5OS2. The van der Waals surface area contributed by atoms with E-state index in [0.29, 0.717) is 6.04 Å². The minimum Gasteiger partial charge on any atom is -0.363 e. The number of anilines is 1. The third kappa shape index (κ3) is 7.78. The zero-order chi connectivity index (χ0) is 19.8. The van der Waals surface area contributed by atoms with Crippen molar-refractivity contribution in [1.82, 2.24) is 15.5 Å². The van der Waals surface area contributed by atoms with Gasteiger partial charge in [0.25, 0.3) is 0 Å². The summed E-state index contributed by atoms with van der Waals surface area (Å²) in [5.41, 5.74) is 0. The van der Waals surface area contributed by atoms with Crippen LogP contribution in [-0.4, -0.2) is 63.1 Å². The summed E-state index contributed by atoms with van der Waals surface area (Å²) >= 11 is 3.56. The number of likely N-dealkylation sites (N-methyl/N-ethyl adjacent to an activating group) is 1. The van der Waals surface area contributed by atoms with Gasteiger partial charge in [-0.05, 0) is 48.2 Å². The summed E-state index contributed by atoms with van der Waals surface area (Å²) < 4.78 is 0. The third-order valence-corrected chi connectivity index (χ3v) is 6.63. The van der Waals surface area contributed by atoms with Gasteiger partial charge in [0.1, 0.15) is 6.54 Å². The lowest BCUT2D eigenvalue weighted by atomic mass is 10.1. The summed E-state index contributed by atoms with van der Waals surface area (Å²) in [4.78, 5) is 21.8. The Kier molecular flexibility index (Phi) is 10.2. The van der Waals surface area contributed by atoms with Crippen LogP contribution in [-0.2, 0) is 11.2 Å². The second kappa shape index (κ2) is 12.4. The Morgan fingerprint density at radius 2 is 1.93 bits per heavy atom. The van der Waals surface area contributed by atoms with Crippen molar-refractivity contribution in [3.8, 4) is 0 Å². The molecule has 1 amide bonds. The number of nitrogens with one attached hydrogen (secondary N) is 2. The van der Waals surface area contributed by atoms with E-state index in [1.54, 1.807) is 41.7 Å². The van der Waals surface area contributed by atoms with Gasteiger partial charge in [-0.2, -0.15) is 0 Å². The van der Waals surface area contributed by atoms with Crippen LogP contribution in [0.4, 0.5) is 5.00 Å². The summed E-state index contributed by atoms with van der Waals surface area (Å²) in [6, 6.07) is 8.88. The largest absolute Gasteiger partial charge is 0.363 e. The number of halogens is 1. The van der Waals surface area contributed by atoms with Crippen molar-refractivity contribution in [2.75, 3.05) is 45.2 Å². The maximum Gasteiger partial charge on any atom is 0.243 e. The fourth-order valence-electron chi connectivity index (χ4n) is 3.09. The molecule has 2 aromatic rings. The van der Waals surface area contributed by atoms with Gasteiger partial charge in [0.05, 0.1) is 5.00 Å². The fourth-order valence-corrected chi connectivity index (χ4v) is 4.58. The van der Waals surface area contributed by atoms with Gasteiger partial charge in [0.15, 0.2) is 5.96 Å². The standard InChI is InChI=1S/C20H29N5OS2.HI/c1-24(2)18(26)15-22-20(21-10-7-17-5-3-13-27-17)23-16-8-11-25(12-9-16)19-6-4-14-28-19;/h3-6,13-14,16H,7-12,15H2,1-2H3,(H2,21,22,23);1H. The molecule has 0 radical (unpaired) electrons. The summed E-state index contributed by atoms with van der Waals surface area (Å²) in [6.45, 7) is 3.04.